The lowest BCUT2D eigenvalue weighted by molar-refractivity contribution is 0.885. The molecule has 0 unspecified atom stereocenters. The molecule has 0 aliphatic rings. The summed E-state index contributed by atoms with van der Waals surface area (Å²) < 4.78 is 3.98. The number of nitrogens with zero attached hydrogens (tertiary/aromatic N) is 2. The summed E-state index contributed by atoms with van der Waals surface area (Å²) in [6.45, 7) is 0. The number of halogens is 2. The zero-order chi connectivity index (χ0) is 10.1. The Hall–Kier alpha value is -0.560. The van der Waals surface area contributed by atoms with Crippen molar-refractivity contribution in [1.29, 1.82) is 0 Å². The van der Waals surface area contributed by atoms with Crippen molar-refractivity contribution in [1.82, 2.24) is 9.78 Å². The molecule has 72 valence electrons. The van der Waals surface area contributed by atoms with Crippen LogP contribution in [0.15, 0.2) is 34.9 Å². The van der Waals surface area contributed by atoms with Gasteiger partial charge in [-0.1, -0.05) is 0 Å². The normalized spacial score (nSPS) is 10.4. The van der Waals surface area contributed by atoms with Crippen molar-refractivity contribution in [2.75, 3.05) is 5.73 Å². The minimum Gasteiger partial charge on any atom is -0.382 e. The lowest BCUT2D eigenvalue weighted by atomic mass is 10.3. The van der Waals surface area contributed by atoms with Crippen LogP contribution in [-0.2, 0) is 0 Å². The average molecular weight is 364 g/mol. The van der Waals surface area contributed by atoms with E-state index in [-0.39, 0.29) is 0 Å². The summed E-state index contributed by atoms with van der Waals surface area (Å²) in [6, 6.07) is 7.80. The van der Waals surface area contributed by atoms with Gasteiger partial charge in [-0.15, -0.1) is 0 Å². The number of aromatic nitrogens is 2. The van der Waals surface area contributed by atoms with E-state index in [1.165, 1.54) is 3.57 Å². The first-order valence-corrected chi connectivity index (χ1v) is 5.80. The van der Waals surface area contributed by atoms with Gasteiger partial charge in [0.2, 0.25) is 0 Å². The van der Waals surface area contributed by atoms with E-state index in [4.69, 9.17) is 5.73 Å². The maximum atomic E-state index is 5.54. The van der Waals surface area contributed by atoms with E-state index in [0.29, 0.717) is 5.82 Å². The summed E-state index contributed by atoms with van der Waals surface area (Å²) in [4.78, 5) is 0. The van der Waals surface area contributed by atoms with Gasteiger partial charge in [-0.25, -0.2) is 4.68 Å². The third kappa shape index (κ3) is 1.93. The van der Waals surface area contributed by atoms with Crippen LogP contribution in [0.5, 0.6) is 0 Å². The molecule has 2 N–H and O–H groups in total. The molecule has 3 nitrogen and oxygen atoms in total. The molecule has 0 saturated heterocycles. The van der Waals surface area contributed by atoms with Gasteiger partial charge >= 0.3 is 0 Å². The van der Waals surface area contributed by atoms with Crippen LogP contribution in [0.4, 0.5) is 5.82 Å². The first kappa shape index (κ1) is 9.97. The second kappa shape index (κ2) is 3.90. The molecule has 2 aromatic rings. The number of nitrogen functional groups attached to an aromatic ring is 1. The summed E-state index contributed by atoms with van der Waals surface area (Å²) in [6.07, 6.45) is 1.84. The van der Waals surface area contributed by atoms with Gasteiger partial charge in [-0.05, 0) is 56.7 Å². The SMILES string of the molecule is Nc1ccn(-c2ccc(I)c(Br)c2)n1. The van der Waals surface area contributed by atoms with Gasteiger partial charge in [0.25, 0.3) is 0 Å². The fourth-order valence-corrected chi connectivity index (χ4v) is 1.81. The third-order valence-electron chi connectivity index (χ3n) is 1.78. The Kier molecular flexibility index (Phi) is 2.78. The van der Waals surface area contributed by atoms with Crippen LogP contribution in [0.1, 0.15) is 0 Å². The van der Waals surface area contributed by atoms with E-state index in [1.54, 1.807) is 10.7 Å². The molecule has 0 aliphatic heterocycles. The van der Waals surface area contributed by atoms with Crippen molar-refractivity contribution in [2.24, 2.45) is 0 Å². The maximum absolute atomic E-state index is 5.54. The summed E-state index contributed by atoms with van der Waals surface area (Å²) >= 11 is 5.73. The molecule has 0 amide bonds. The highest BCUT2D eigenvalue weighted by atomic mass is 127. The summed E-state index contributed by atoms with van der Waals surface area (Å²) in [7, 11) is 0. The molecule has 1 aromatic heterocycles. The fourth-order valence-electron chi connectivity index (χ4n) is 1.11. The Balaban J connectivity index is 2.47. The summed E-state index contributed by atoms with van der Waals surface area (Å²) in [5.74, 6) is 0.527. The van der Waals surface area contributed by atoms with Crippen molar-refractivity contribution < 1.29 is 0 Å². The molecule has 2 rings (SSSR count). The summed E-state index contributed by atoms with van der Waals surface area (Å²) in [5.41, 5.74) is 6.53. The van der Waals surface area contributed by atoms with E-state index in [9.17, 15) is 0 Å². The molecular weight excluding hydrogens is 357 g/mol. The molecule has 0 bridgehead atoms. The van der Waals surface area contributed by atoms with Crippen molar-refractivity contribution in [2.45, 2.75) is 0 Å². The monoisotopic (exact) mass is 363 g/mol. The molecule has 0 saturated carbocycles. The Morgan fingerprint density at radius 1 is 1.36 bits per heavy atom. The first-order chi connectivity index (χ1) is 6.66. The molecule has 0 fully saturated rings. The lowest BCUT2D eigenvalue weighted by Gasteiger charge is -2.02. The Morgan fingerprint density at radius 2 is 2.14 bits per heavy atom. The third-order valence-corrected chi connectivity index (χ3v) is 4.12. The van der Waals surface area contributed by atoms with Crippen LogP contribution in [0.25, 0.3) is 5.69 Å². The maximum Gasteiger partial charge on any atom is 0.145 e. The number of hydrogen-bond acceptors (Lipinski definition) is 2. The van der Waals surface area contributed by atoms with Gasteiger partial charge in [0.1, 0.15) is 5.82 Å². The van der Waals surface area contributed by atoms with Crippen LogP contribution in [0.3, 0.4) is 0 Å². The topological polar surface area (TPSA) is 43.8 Å². The number of nitrogens with two attached hydrogens (primary N) is 1. The molecule has 5 heteroatoms. The Labute approximate surface area is 104 Å². The smallest absolute Gasteiger partial charge is 0.145 e. The Morgan fingerprint density at radius 3 is 2.71 bits per heavy atom. The van der Waals surface area contributed by atoms with Gasteiger partial charge in [-0.2, -0.15) is 5.10 Å². The molecule has 0 radical (unpaired) electrons. The van der Waals surface area contributed by atoms with Crippen LogP contribution in [0.2, 0.25) is 0 Å². The van der Waals surface area contributed by atoms with Crippen LogP contribution >= 0.6 is 38.5 Å². The van der Waals surface area contributed by atoms with Gasteiger partial charge < -0.3 is 5.73 Å². The molecule has 0 spiro atoms. The van der Waals surface area contributed by atoms with E-state index in [2.05, 4.69) is 43.6 Å². The van der Waals surface area contributed by atoms with Gasteiger partial charge in [0.05, 0.1) is 5.69 Å². The number of rotatable bonds is 1. The zero-order valence-corrected chi connectivity index (χ0v) is 10.9. The van der Waals surface area contributed by atoms with E-state index < -0.39 is 0 Å². The molecule has 1 heterocycles. The standard InChI is InChI=1S/C9H7BrIN3/c10-7-5-6(1-2-8(7)11)14-4-3-9(12)13-14/h1-5H,(H2,12,13). The highest BCUT2D eigenvalue weighted by molar-refractivity contribution is 14.1. The van der Waals surface area contributed by atoms with E-state index in [0.717, 1.165) is 10.2 Å². The fraction of sp³-hybridized carbons (Fsp3) is 0. The predicted molar refractivity (Wildman–Crippen MR) is 68.4 cm³/mol. The lowest BCUT2D eigenvalue weighted by Crippen LogP contribution is -1.96. The van der Waals surface area contributed by atoms with Crippen LogP contribution in [0, 0.1) is 3.57 Å². The summed E-state index contributed by atoms with van der Waals surface area (Å²) in [5, 5.41) is 4.12. The number of benzene rings is 1. The largest absolute Gasteiger partial charge is 0.382 e. The highest BCUT2D eigenvalue weighted by Crippen LogP contribution is 2.22. The predicted octanol–water partition coefficient (Wildman–Crippen LogP) is 2.82. The minimum atomic E-state index is 0.527. The van der Waals surface area contributed by atoms with Crippen molar-refractivity contribution in [3.63, 3.8) is 0 Å². The van der Waals surface area contributed by atoms with Crippen LogP contribution in [-0.4, -0.2) is 9.78 Å². The quantitative estimate of drug-likeness (QED) is 0.792. The molecule has 1 aromatic carbocycles. The van der Waals surface area contributed by atoms with Crippen molar-refractivity contribution in [3.05, 3.63) is 38.5 Å². The van der Waals surface area contributed by atoms with Gasteiger partial charge in [-0.3, -0.25) is 0 Å². The molecule has 14 heavy (non-hydrogen) atoms. The van der Waals surface area contributed by atoms with Crippen LogP contribution < -0.4 is 5.73 Å². The number of hydrogen-bond donors (Lipinski definition) is 1. The Bertz CT molecular complexity index is 467. The van der Waals surface area contributed by atoms with E-state index in [1.807, 2.05) is 24.4 Å². The minimum absolute atomic E-state index is 0.527. The van der Waals surface area contributed by atoms with E-state index >= 15 is 0 Å². The molecule has 0 atom stereocenters. The molecular formula is C9H7BrIN3. The highest BCUT2D eigenvalue weighted by Gasteiger charge is 2.01. The average Bonchev–Trinajstić information content (AvgIpc) is 2.57. The van der Waals surface area contributed by atoms with Crippen molar-refractivity contribution in [3.8, 4) is 5.69 Å². The molecule has 0 aliphatic carbocycles. The second-order valence-corrected chi connectivity index (χ2v) is 4.80. The second-order valence-electron chi connectivity index (χ2n) is 2.78. The van der Waals surface area contributed by atoms with Gasteiger partial charge in [0, 0.05) is 20.3 Å². The zero-order valence-electron chi connectivity index (χ0n) is 7.11. The first-order valence-electron chi connectivity index (χ1n) is 3.93. The van der Waals surface area contributed by atoms with Crippen molar-refractivity contribution >= 4 is 44.3 Å². The number of anilines is 1. The van der Waals surface area contributed by atoms with Gasteiger partial charge in [0.15, 0.2) is 0 Å².